The molecular formula is C15H19N3O3S4. The molecule has 6 nitrogen and oxygen atoms in total. The van der Waals surface area contributed by atoms with Crippen molar-refractivity contribution < 1.29 is 13.2 Å². The van der Waals surface area contributed by atoms with Gasteiger partial charge in [-0.3, -0.25) is 4.79 Å². The number of rotatable bonds is 8. The van der Waals surface area contributed by atoms with Crippen molar-refractivity contribution in [1.82, 2.24) is 10.2 Å². The van der Waals surface area contributed by atoms with Crippen LogP contribution in [0.3, 0.4) is 0 Å². The molecule has 1 heterocycles. The van der Waals surface area contributed by atoms with Crippen LogP contribution in [0.2, 0.25) is 0 Å². The summed E-state index contributed by atoms with van der Waals surface area (Å²) >= 11 is 4.40. The van der Waals surface area contributed by atoms with Gasteiger partial charge in [0.05, 0.1) is 16.3 Å². The molecule has 1 N–H and O–H groups in total. The maximum absolute atomic E-state index is 12.1. The zero-order valence-corrected chi connectivity index (χ0v) is 17.3. The average Bonchev–Trinajstić information content (AvgIpc) is 2.98. The van der Waals surface area contributed by atoms with Crippen LogP contribution in [0.15, 0.2) is 37.8 Å². The zero-order chi connectivity index (χ0) is 18.4. The number of hydrogen-bond donors (Lipinski definition) is 1. The lowest BCUT2D eigenvalue weighted by atomic mass is 10.3. The third kappa shape index (κ3) is 6.61. The Hall–Kier alpha value is -1.10. The van der Waals surface area contributed by atoms with Crippen molar-refractivity contribution in [3.8, 4) is 0 Å². The predicted molar refractivity (Wildman–Crippen MR) is 104 cm³/mol. The van der Waals surface area contributed by atoms with E-state index in [9.17, 15) is 13.2 Å². The van der Waals surface area contributed by atoms with Crippen molar-refractivity contribution >= 4 is 56.3 Å². The molecule has 0 bridgehead atoms. The van der Waals surface area contributed by atoms with E-state index >= 15 is 0 Å². The summed E-state index contributed by atoms with van der Waals surface area (Å²) in [6.07, 6.45) is 1.12. The summed E-state index contributed by atoms with van der Waals surface area (Å²) in [5, 5.41) is 10.8. The smallest absolute Gasteiger partial charge is 0.234 e. The Kier molecular flexibility index (Phi) is 7.29. The van der Waals surface area contributed by atoms with Gasteiger partial charge in [0.15, 0.2) is 18.5 Å². The molecule has 136 valence electrons. The summed E-state index contributed by atoms with van der Waals surface area (Å²) in [6.45, 7) is 4.28. The SMILES string of the molecule is CC(C)CSc1nnc(SCC(=O)Nc2ccccc2S(C)(=O)=O)s1. The minimum absolute atomic E-state index is 0.108. The Bertz CT molecular complexity index is 834. The molecule has 0 atom stereocenters. The molecule has 0 aliphatic carbocycles. The molecule has 2 aromatic rings. The van der Waals surface area contributed by atoms with Crippen LogP contribution in [-0.2, 0) is 14.6 Å². The lowest BCUT2D eigenvalue weighted by molar-refractivity contribution is -0.113. The lowest BCUT2D eigenvalue weighted by Gasteiger charge is -2.08. The summed E-state index contributed by atoms with van der Waals surface area (Å²) in [7, 11) is -3.40. The van der Waals surface area contributed by atoms with Crippen molar-refractivity contribution in [3.05, 3.63) is 24.3 Å². The molecule has 0 fully saturated rings. The monoisotopic (exact) mass is 417 g/mol. The summed E-state index contributed by atoms with van der Waals surface area (Å²) in [4.78, 5) is 12.2. The van der Waals surface area contributed by atoms with Crippen LogP contribution >= 0.6 is 34.9 Å². The second kappa shape index (κ2) is 9.02. The fourth-order valence-electron chi connectivity index (χ4n) is 1.76. The van der Waals surface area contributed by atoms with Gasteiger partial charge in [-0.2, -0.15) is 0 Å². The molecule has 1 aromatic carbocycles. The Balaban J connectivity index is 1.92. The molecule has 0 saturated carbocycles. The number of nitrogens with zero attached hydrogens (tertiary/aromatic N) is 2. The van der Waals surface area contributed by atoms with Crippen LogP contribution in [0.5, 0.6) is 0 Å². The van der Waals surface area contributed by atoms with E-state index in [4.69, 9.17) is 0 Å². The molecule has 0 spiro atoms. The Morgan fingerprint density at radius 2 is 1.84 bits per heavy atom. The first-order valence-electron chi connectivity index (χ1n) is 7.43. The third-order valence-corrected chi connectivity index (χ3v) is 7.59. The quantitative estimate of drug-likeness (QED) is 0.658. The minimum Gasteiger partial charge on any atom is -0.324 e. The number of para-hydroxylation sites is 1. The van der Waals surface area contributed by atoms with E-state index < -0.39 is 9.84 Å². The van der Waals surface area contributed by atoms with E-state index in [1.165, 1.54) is 29.2 Å². The van der Waals surface area contributed by atoms with Gasteiger partial charge in [0, 0.05) is 12.0 Å². The number of amides is 1. The van der Waals surface area contributed by atoms with E-state index in [0.717, 1.165) is 20.7 Å². The molecule has 25 heavy (non-hydrogen) atoms. The summed E-state index contributed by atoms with van der Waals surface area (Å²) in [6, 6.07) is 6.35. The highest BCUT2D eigenvalue weighted by molar-refractivity contribution is 8.03. The zero-order valence-electron chi connectivity index (χ0n) is 14.1. The average molecular weight is 418 g/mol. The Morgan fingerprint density at radius 1 is 1.20 bits per heavy atom. The van der Waals surface area contributed by atoms with E-state index in [1.54, 1.807) is 30.0 Å². The fourth-order valence-corrected chi connectivity index (χ4v) is 5.40. The van der Waals surface area contributed by atoms with Crippen LogP contribution in [0.4, 0.5) is 5.69 Å². The molecule has 10 heteroatoms. The normalized spacial score (nSPS) is 11.7. The molecule has 0 aliphatic rings. The van der Waals surface area contributed by atoms with E-state index in [0.29, 0.717) is 11.6 Å². The number of carbonyl (C=O) groups is 1. The maximum atomic E-state index is 12.1. The summed E-state index contributed by atoms with van der Waals surface area (Å²) in [5.41, 5.74) is 0.293. The summed E-state index contributed by atoms with van der Waals surface area (Å²) in [5.74, 6) is 1.40. The molecule has 1 aromatic heterocycles. The molecule has 0 saturated heterocycles. The standard InChI is InChI=1S/C15H19N3O3S4/c1-10(2)8-22-14-17-18-15(24-14)23-9-13(19)16-11-6-4-5-7-12(11)25(3,20)21/h4-7,10H,8-9H2,1-3H3,(H,16,19). The molecule has 0 aliphatic heterocycles. The molecule has 1 amide bonds. The van der Waals surface area contributed by atoms with E-state index in [-0.39, 0.29) is 16.6 Å². The molecular weight excluding hydrogens is 398 g/mol. The van der Waals surface area contributed by atoms with E-state index in [1.807, 2.05) is 0 Å². The highest BCUT2D eigenvalue weighted by Crippen LogP contribution is 2.30. The van der Waals surface area contributed by atoms with Crippen LogP contribution in [-0.4, -0.2) is 42.3 Å². The van der Waals surface area contributed by atoms with Gasteiger partial charge >= 0.3 is 0 Å². The van der Waals surface area contributed by atoms with Crippen molar-refractivity contribution in [2.24, 2.45) is 5.92 Å². The van der Waals surface area contributed by atoms with Gasteiger partial charge in [-0.05, 0) is 18.1 Å². The number of carbonyl (C=O) groups excluding carboxylic acids is 1. The Labute approximate surface area is 160 Å². The first kappa shape index (κ1) is 20.2. The van der Waals surface area contributed by atoms with Gasteiger partial charge in [-0.25, -0.2) is 8.42 Å². The number of sulfone groups is 1. The maximum Gasteiger partial charge on any atom is 0.234 e. The van der Waals surface area contributed by atoms with Gasteiger partial charge in [0.1, 0.15) is 0 Å². The predicted octanol–water partition coefficient (Wildman–Crippen LogP) is 3.42. The number of thioether (sulfide) groups is 2. The first-order chi connectivity index (χ1) is 11.8. The van der Waals surface area contributed by atoms with Gasteiger partial charge in [-0.1, -0.05) is 60.8 Å². The largest absolute Gasteiger partial charge is 0.324 e. The fraction of sp³-hybridized carbons (Fsp3) is 0.400. The molecule has 2 rings (SSSR count). The van der Waals surface area contributed by atoms with Crippen molar-refractivity contribution in [2.45, 2.75) is 27.4 Å². The number of anilines is 1. The highest BCUT2D eigenvalue weighted by atomic mass is 32.2. The van der Waals surface area contributed by atoms with Crippen LogP contribution in [0.25, 0.3) is 0 Å². The minimum atomic E-state index is -3.40. The van der Waals surface area contributed by atoms with Crippen LogP contribution < -0.4 is 5.32 Å². The second-order valence-corrected chi connectivity index (χ2v) is 11.1. The lowest BCUT2D eigenvalue weighted by Crippen LogP contribution is -2.16. The number of hydrogen-bond acceptors (Lipinski definition) is 8. The number of nitrogens with one attached hydrogen (secondary N) is 1. The van der Waals surface area contributed by atoms with Crippen molar-refractivity contribution in [1.29, 1.82) is 0 Å². The van der Waals surface area contributed by atoms with Gasteiger partial charge in [-0.15, -0.1) is 10.2 Å². The highest BCUT2D eigenvalue weighted by Gasteiger charge is 2.15. The van der Waals surface area contributed by atoms with Crippen molar-refractivity contribution in [3.63, 3.8) is 0 Å². The third-order valence-electron chi connectivity index (χ3n) is 2.82. The molecule has 0 radical (unpaired) electrons. The van der Waals surface area contributed by atoms with Gasteiger partial charge in [0.2, 0.25) is 5.91 Å². The molecule has 0 unspecified atom stereocenters. The van der Waals surface area contributed by atoms with Crippen LogP contribution in [0.1, 0.15) is 13.8 Å². The van der Waals surface area contributed by atoms with Gasteiger partial charge < -0.3 is 5.32 Å². The summed E-state index contributed by atoms with van der Waals surface area (Å²) < 4.78 is 25.1. The Morgan fingerprint density at radius 3 is 2.48 bits per heavy atom. The van der Waals surface area contributed by atoms with Crippen molar-refractivity contribution in [2.75, 3.05) is 23.1 Å². The van der Waals surface area contributed by atoms with E-state index in [2.05, 4.69) is 29.4 Å². The number of benzene rings is 1. The van der Waals surface area contributed by atoms with Gasteiger partial charge in [0.25, 0.3) is 0 Å². The first-order valence-corrected chi connectivity index (χ1v) is 12.1. The topological polar surface area (TPSA) is 89.0 Å². The second-order valence-electron chi connectivity index (χ2n) is 5.64. The van der Waals surface area contributed by atoms with Crippen LogP contribution in [0, 0.1) is 5.92 Å². The number of aromatic nitrogens is 2.